The van der Waals surface area contributed by atoms with Crippen LogP contribution in [0.4, 0.5) is 0 Å². The molecule has 0 amide bonds. The maximum Gasteiger partial charge on any atom is 0.0851 e. The van der Waals surface area contributed by atoms with Gasteiger partial charge in [0.2, 0.25) is 0 Å². The van der Waals surface area contributed by atoms with Crippen LogP contribution < -0.4 is 0 Å². The molecule has 0 saturated heterocycles. The maximum absolute atomic E-state index is 5.40. The summed E-state index contributed by atoms with van der Waals surface area (Å²) in [7, 11) is 3.68. The van der Waals surface area contributed by atoms with Gasteiger partial charge < -0.3 is 4.74 Å². The van der Waals surface area contributed by atoms with E-state index in [1.54, 1.807) is 7.11 Å². The summed E-state index contributed by atoms with van der Waals surface area (Å²) in [6.07, 6.45) is 7.61. The highest BCUT2D eigenvalue weighted by atomic mass is 16.5. The zero-order valence-corrected chi connectivity index (χ0v) is 8.66. The van der Waals surface area contributed by atoms with Gasteiger partial charge in [0.15, 0.2) is 0 Å². The van der Waals surface area contributed by atoms with Gasteiger partial charge in [-0.25, -0.2) is 0 Å². The number of rotatable bonds is 5. The molecule has 0 saturated carbocycles. The summed E-state index contributed by atoms with van der Waals surface area (Å²) in [5, 5.41) is 4.13. The molecular weight excluding hydrogens is 164 g/mol. The average molecular weight is 182 g/mol. The molecule has 1 unspecified atom stereocenters. The first kappa shape index (κ1) is 10.3. The Bertz CT molecular complexity index is 245. The van der Waals surface area contributed by atoms with Crippen molar-refractivity contribution >= 4 is 0 Å². The van der Waals surface area contributed by atoms with Gasteiger partial charge in [0, 0.05) is 25.9 Å². The maximum atomic E-state index is 5.40. The van der Waals surface area contributed by atoms with E-state index in [0.717, 1.165) is 6.42 Å². The molecule has 3 heteroatoms. The molecule has 0 radical (unpaired) electrons. The molecule has 0 fully saturated rings. The molecule has 0 N–H and O–H groups in total. The summed E-state index contributed by atoms with van der Waals surface area (Å²) in [6.45, 7) is 2.19. The number of unbranched alkanes of at least 4 members (excludes halogenated alkanes) is 1. The van der Waals surface area contributed by atoms with E-state index < -0.39 is 0 Å². The molecule has 0 aliphatic rings. The van der Waals surface area contributed by atoms with Gasteiger partial charge in [0.1, 0.15) is 0 Å². The molecule has 0 aromatic carbocycles. The van der Waals surface area contributed by atoms with Crippen LogP contribution in [-0.4, -0.2) is 16.9 Å². The molecule has 0 spiro atoms. The number of aryl methyl sites for hydroxylation is 1. The lowest BCUT2D eigenvalue weighted by Gasteiger charge is -2.12. The number of aromatic nitrogens is 2. The molecular formula is C10H18N2O. The minimum atomic E-state index is 0.216. The van der Waals surface area contributed by atoms with E-state index in [-0.39, 0.29) is 6.10 Å². The fourth-order valence-corrected chi connectivity index (χ4v) is 1.42. The second-order valence-electron chi connectivity index (χ2n) is 3.31. The Morgan fingerprint density at radius 1 is 1.62 bits per heavy atom. The van der Waals surface area contributed by atoms with Gasteiger partial charge >= 0.3 is 0 Å². The fraction of sp³-hybridized carbons (Fsp3) is 0.700. The molecule has 1 heterocycles. The second kappa shape index (κ2) is 5.02. The molecule has 74 valence electrons. The summed E-state index contributed by atoms with van der Waals surface area (Å²) in [4.78, 5) is 0. The van der Waals surface area contributed by atoms with E-state index in [9.17, 15) is 0 Å². The van der Waals surface area contributed by atoms with E-state index >= 15 is 0 Å². The van der Waals surface area contributed by atoms with Gasteiger partial charge in [-0.15, -0.1) is 0 Å². The zero-order chi connectivity index (χ0) is 9.68. The molecule has 0 aliphatic carbocycles. The molecule has 13 heavy (non-hydrogen) atoms. The van der Waals surface area contributed by atoms with E-state index in [4.69, 9.17) is 4.74 Å². The quantitative estimate of drug-likeness (QED) is 0.698. The third-order valence-corrected chi connectivity index (χ3v) is 2.20. The molecule has 1 atom stereocenters. The lowest BCUT2D eigenvalue weighted by Crippen LogP contribution is -2.00. The van der Waals surface area contributed by atoms with Crippen LogP contribution >= 0.6 is 0 Å². The topological polar surface area (TPSA) is 27.1 Å². The monoisotopic (exact) mass is 182 g/mol. The van der Waals surface area contributed by atoms with Crippen LogP contribution in [0.1, 0.15) is 37.9 Å². The van der Waals surface area contributed by atoms with Crippen molar-refractivity contribution in [2.75, 3.05) is 7.11 Å². The molecule has 1 rings (SSSR count). The van der Waals surface area contributed by atoms with Crippen molar-refractivity contribution in [3.05, 3.63) is 18.0 Å². The standard InChI is InChI=1S/C10H18N2O/c1-4-5-6-10(13-3)9-7-11-12(2)8-9/h7-8,10H,4-6H2,1-3H3. The Morgan fingerprint density at radius 3 is 2.85 bits per heavy atom. The Morgan fingerprint density at radius 2 is 2.38 bits per heavy atom. The van der Waals surface area contributed by atoms with Gasteiger partial charge in [0.25, 0.3) is 0 Å². The van der Waals surface area contributed by atoms with Crippen molar-refractivity contribution in [3.8, 4) is 0 Å². The number of ether oxygens (including phenoxy) is 1. The smallest absolute Gasteiger partial charge is 0.0851 e. The first-order valence-electron chi connectivity index (χ1n) is 4.79. The highest BCUT2D eigenvalue weighted by molar-refractivity contribution is 5.07. The van der Waals surface area contributed by atoms with Crippen LogP contribution in [0, 0.1) is 0 Å². The SMILES string of the molecule is CCCCC(OC)c1cnn(C)c1. The van der Waals surface area contributed by atoms with Gasteiger partial charge in [-0.1, -0.05) is 19.8 Å². The van der Waals surface area contributed by atoms with Gasteiger partial charge in [-0.05, 0) is 6.42 Å². The Hall–Kier alpha value is -0.830. The molecule has 0 bridgehead atoms. The number of methoxy groups -OCH3 is 1. The van der Waals surface area contributed by atoms with Gasteiger partial charge in [0.05, 0.1) is 12.3 Å². The highest BCUT2D eigenvalue weighted by Gasteiger charge is 2.10. The largest absolute Gasteiger partial charge is 0.377 e. The van der Waals surface area contributed by atoms with Crippen molar-refractivity contribution in [3.63, 3.8) is 0 Å². The van der Waals surface area contributed by atoms with Crippen LogP contribution in [0.2, 0.25) is 0 Å². The van der Waals surface area contributed by atoms with Crippen LogP contribution in [0.5, 0.6) is 0 Å². The van der Waals surface area contributed by atoms with E-state index in [2.05, 4.69) is 12.0 Å². The summed E-state index contributed by atoms with van der Waals surface area (Å²) >= 11 is 0. The predicted molar refractivity (Wildman–Crippen MR) is 52.5 cm³/mol. The number of nitrogens with zero attached hydrogens (tertiary/aromatic N) is 2. The van der Waals surface area contributed by atoms with E-state index in [1.165, 1.54) is 18.4 Å². The summed E-state index contributed by atoms with van der Waals surface area (Å²) in [5.41, 5.74) is 1.18. The van der Waals surface area contributed by atoms with Crippen LogP contribution in [0.25, 0.3) is 0 Å². The van der Waals surface area contributed by atoms with Crippen molar-refractivity contribution < 1.29 is 4.74 Å². The summed E-state index contributed by atoms with van der Waals surface area (Å²) < 4.78 is 7.21. The molecule has 0 aliphatic heterocycles. The lowest BCUT2D eigenvalue weighted by molar-refractivity contribution is 0.0935. The van der Waals surface area contributed by atoms with Crippen molar-refractivity contribution in [2.24, 2.45) is 7.05 Å². The normalized spacial score (nSPS) is 13.2. The number of hydrogen-bond acceptors (Lipinski definition) is 2. The minimum absolute atomic E-state index is 0.216. The fourth-order valence-electron chi connectivity index (χ4n) is 1.42. The molecule has 1 aromatic rings. The van der Waals surface area contributed by atoms with Gasteiger partial charge in [-0.2, -0.15) is 5.10 Å². The van der Waals surface area contributed by atoms with Crippen molar-refractivity contribution in [2.45, 2.75) is 32.3 Å². The summed E-state index contributed by atoms with van der Waals surface area (Å²) in [5.74, 6) is 0. The average Bonchev–Trinajstić information content (AvgIpc) is 2.54. The van der Waals surface area contributed by atoms with Crippen LogP contribution in [0.3, 0.4) is 0 Å². The Kier molecular flexibility index (Phi) is 3.96. The summed E-state index contributed by atoms with van der Waals surface area (Å²) in [6, 6.07) is 0. The van der Waals surface area contributed by atoms with E-state index in [1.807, 2.05) is 24.1 Å². The molecule has 3 nitrogen and oxygen atoms in total. The third kappa shape index (κ3) is 2.84. The molecule has 1 aromatic heterocycles. The third-order valence-electron chi connectivity index (χ3n) is 2.20. The predicted octanol–water partition coefficient (Wildman–Crippen LogP) is 2.30. The zero-order valence-electron chi connectivity index (χ0n) is 8.66. The minimum Gasteiger partial charge on any atom is -0.377 e. The number of hydrogen-bond donors (Lipinski definition) is 0. The first-order chi connectivity index (χ1) is 6.27. The van der Waals surface area contributed by atoms with E-state index in [0.29, 0.717) is 0 Å². The first-order valence-corrected chi connectivity index (χ1v) is 4.79. The van der Waals surface area contributed by atoms with Crippen LogP contribution in [-0.2, 0) is 11.8 Å². The van der Waals surface area contributed by atoms with Crippen molar-refractivity contribution in [1.82, 2.24) is 9.78 Å². The lowest BCUT2D eigenvalue weighted by atomic mass is 10.1. The van der Waals surface area contributed by atoms with Gasteiger partial charge in [-0.3, -0.25) is 4.68 Å². The highest BCUT2D eigenvalue weighted by Crippen LogP contribution is 2.21. The second-order valence-corrected chi connectivity index (χ2v) is 3.31. The van der Waals surface area contributed by atoms with Crippen LogP contribution in [0.15, 0.2) is 12.4 Å². The Balaban J connectivity index is 2.56. The Labute approximate surface area is 79.7 Å². The van der Waals surface area contributed by atoms with Crippen molar-refractivity contribution in [1.29, 1.82) is 0 Å².